The van der Waals surface area contributed by atoms with Crippen LogP contribution in [0.4, 0.5) is 11.5 Å². The smallest absolute Gasteiger partial charge is 0.227 e. The van der Waals surface area contributed by atoms with Gasteiger partial charge in [-0.25, -0.2) is 14.6 Å². The molecule has 2 amide bonds. The van der Waals surface area contributed by atoms with Gasteiger partial charge in [0.1, 0.15) is 5.82 Å². The summed E-state index contributed by atoms with van der Waals surface area (Å²) in [4.78, 5) is 38.7. The average Bonchev–Trinajstić information content (AvgIpc) is 3.48. The lowest BCUT2D eigenvalue weighted by atomic mass is 10.1. The van der Waals surface area contributed by atoms with Gasteiger partial charge in [-0.2, -0.15) is 5.10 Å². The van der Waals surface area contributed by atoms with E-state index in [1.807, 2.05) is 0 Å². The van der Waals surface area contributed by atoms with Crippen LogP contribution in [-0.2, 0) is 20.9 Å². The van der Waals surface area contributed by atoms with Crippen LogP contribution < -0.4 is 15.1 Å². The Labute approximate surface area is 218 Å². The van der Waals surface area contributed by atoms with Gasteiger partial charge in [-0.05, 0) is 30.0 Å². The number of hydrogen-bond donors (Lipinski definition) is 1. The highest BCUT2D eigenvalue weighted by Crippen LogP contribution is 2.28. The molecule has 190 valence electrons. The van der Waals surface area contributed by atoms with Crippen molar-refractivity contribution in [2.24, 2.45) is 5.92 Å². The summed E-state index contributed by atoms with van der Waals surface area (Å²) in [6.07, 6.45) is 1.98. The maximum atomic E-state index is 12.8. The predicted octanol–water partition coefficient (Wildman–Crippen LogP) is 2.60. The van der Waals surface area contributed by atoms with Crippen LogP contribution in [0.2, 0.25) is 5.02 Å². The van der Waals surface area contributed by atoms with Gasteiger partial charge in [0.2, 0.25) is 11.8 Å². The molecule has 0 spiro atoms. The van der Waals surface area contributed by atoms with Crippen LogP contribution in [-0.4, -0.2) is 76.7 Å². The van der Waals surface area contributed by atoms with E-state index in [1.165, 1.54) is 0 Å². The van der Waals surface area contributed by atoms with Crippen LogP contribution in [0.5, 0.6) is 0 Å². The van der Waals surface area contributed by atoms with Gasteiger partial charge >= 0.3 is 0 Å². The van der Waals surface area contributed by atoms with Gasteiger partial charge in [0.15, 0.2) is 10.8 Å². The predicted molar refractivity (Wildman–Crippen MR) is 140 cm³/mol. The number of nitrogens with one attached hydrogen (secondary N) is 1. The molecule has 2 aliphatic heterocycles. The number of aromatic nitrogens is 4. The lowest BCUT2D eigenvalue weighted by Crippen LogP contribution is -2.37. The molecule has 2 saturated heterocycles. The third-order valence-corrected chi connectivity index (χ3v) is 7.28. The van der Waals surface area contributed by atoms with Crippen LogP contribution >= 0.6 is 23.4 Å². The minimum absolute atomic E-state index is 0.0659. The van der Waals surface area contributed by atoms with Gasteiger partial charge in [-0.15, -0.1) is 0 Å². The summed E-state index contributed by atoms with van der Waals surface area (Å²) in [6.45, 7) is 6.16. The zero-order valence-corrected chi connectivity index (χ0v) is 21.6. The Kier molecular flexibility index (Phi) is 7.59. The lowest BCUT2D eigenvalue weighted by Gasteiger charge is -2.28. The first-order chi connectivity index (χ1) is 17.5. The summed E-state index contributed by atoms with van der Waals surface area (Å²) >= 11 is 7.54. The number of benzene rings is 1. The number of amides is 2. The number of nitrogens with zero attached hydrogens (tertiary/aromatic N) is 6. The Morgan fingerprint density at radius 3 is 2.75 bits per heavy atom. The Balaban J connectivity index is 1.24. The van der Waals surface area contributed by atoms with E-state index in [0.717, 1.165) is 41.4 Å². The van der Waals surface area contributed by atoms with Crippen molar-refractivity contribution < 1.29 is 14.3 Å². The maximum absolute atomic E-state index is 12.8. The van der Waals surface area contributed by atoms with Crippen molar-refractivity contribution in [3.8, 4) is 0 Å². The van der Waals surface area contributed by atoms with Crippen molar-refractivity contribution in [3.63, 3.8) is 0 Å². The summed E-state index contributed by atoms with van der Waals surface area (Å²) in [5, 5.41) is 9.72. The number of thioether (sulfide) groups is 1. The molecule has 0 bridgehead atoms. The minimum Gasteiger partial charge on any atom is -0.378 e. The average molecular weight is 530 g/mol. The Hall–Kier alpha value is -2.89. The molecule has 5 rings (SSSR count). The largest absolute Gasteiger partial charge is 0.378 e. The maximum Gasteiger partial charge on any atom is 0.227 e. The molecule has 4 heterocycles. The first kappa shape index (κ1) is 24.8. The lowest BCUT2D eigenvalue weighted by molar-refractivity contribution is -0.126. The van der Waals surface area contributed by atoms with Crippen LogP contribution in [0.15, 0.2) is 35.6 Å². The SMILES string of the molecule is CCSc1nc(N2CCOCC2)c2cnn(CCNC(=O)C3CC(=O)N(c4ccc(Cl)cc4)C3)c2n1. The molecule has 12 heteroatoms. The molecule has 2 aliphatic rings. The van der Waals surface area contributed by atoms with Crippen molar-refractivity contribution in [3.05, 3.63) is 35.5 Å². The number of rotatable bonds is 8. The molecule has 0 aliphatic carbocycles. The topological polar surface area (TPSA) is 105 Å². The molecule has 2 aromatic heterocycles. The van der Waals surface area contributed by atoms with Gasteiger partial charge < -0.3 is 19.9 Å². The number of ether oxygens (including phenoxy) is 1. The fourth-order valence-corrected chi connectivity index (χ4v) is 5.16. The van der Waals surface area contributed by atoms with E-state index in [-0.39, 0.29) is 18.2 Å². The number of anilines is 2. The number of fused-ring (bicyclic) bond motifs is 1. The normalized spacial score (nSPS) is 18.3. The van der Waals surface area contributed by atoms with E-state index < -0.39 is 5.92 Å². The first-order valence-electron chi connectivity index (χ1n) is 12.1. The van der Waals surface area contributed by atoms with Crippen molar-refractivity contribution in [2.75, 3.05) is 54.9 Å². The zero-order chi connectivity index (χ0) is 25.1. The molecule has 1 N–H and O–H groups in total. The highest BCUT2D eigenvalue weighted by atomic mass is 35.5. The molecule has 0 radical (unpaired) electrons. The van der Waals surface area contributed by atoms with Gasteiger partial charge in [-0.3, -0.25) is 9.59 Å². The molecule has 2 fully saturated rings. The van der Waals surface area contributed by atoms with Gasteiger partial charge in [-0.1, -0.05) is 30.3 Å². The third-order valence-electron chi connectivity index (χ3n) is 6.30. The zero-order valence-electron chi connectivity index (χ0n) is 20.0. The second-order valence-electron chi connectivity index (χ2n) is 8.64. The number of halogens is 1. The first-order valence-corrected chi connectivity index (χ1v) is 13.4. The van der Waals surface area contributed by atoms with Gasteiger partial charge in [0.05, 0.1) is 37.3 Å². The summed E-state index contributed by atoms with van der Waals surface area (Å²) in [7, 11) is 0. The van der Waals surface area contributed by atoms with Crippen LogP contribution in [0.3, 0.4) is 0 Å². The monoisotopic (exact) mass is 529 g/mol. The summed E-state index contributed by atoms with van der Waals surface area (Å²) < 4.78 is 7.30. The fourth-order valence-electron chi connectivity index (χ4n) is 4.48. The van der Waals surface area contributed by atoms with E-state index in [1.54, 1.807) is 51.8 Å². The van der Waals surface area contributed by atoms with Crippen molar-refractivity contribution in [1.82, 2.24) is 25.1 Å². The molecular formula is C24H28ClN7O3S. The highest BCUT2D eigenvalue weighted by molar-refractivity contribution is 7.99. The van der Waals surface area contributed by atoms with Crippen LogP contribution in [0.25, 0.3) is 11.0 Å². The van der Waals surface area contributed by atoms with E-state index in [4.69, 9.17) is 26.3 Å². The number of morpholine rings is 1. The minimum atomic E-state index is -0.398. The van der Waals surface area contributed by atoms with E-state index >= 15 is 0 Å². The number of carbonyl (C=O) groups excluding carboxylic acids is 2. The standard InChI is InChI=1S/C24H28ClN7O3S/c1-2-36-24-28-21(30-9-11-35-12-10-30)19-14-27-32(22(19)29-24)8-7-26-23(34)16-13-20(33)31(15-16)18-5-3-17(25)4-6-18/h3-6,14,16H,2,7-13,15H2,1H3,(H,26,34). The molecule has 1 unspecified atom stereocenters. The molecule has 1 atom stereocenters. The second-order valence-corrected chi connectivity index (χ2v) is 10.3. The molecular weight excluding hydrogens is 502 g/mol. The summed E-state index contributed by atoms with van der Waals surface area (Å²) in [5.41, 5.74) is 1.50. The highest BCUT2D eigenvalue weighted by Gasteiger charge is 2.35. The number of carbonyl (C=O) groups is 2. The summed E-state index contributed by atoms with van der Waals surface area (Å²) in [6, 6.07) is 7.07. The Morgan fingerprint density at radius 1 is 1.22 bits per heavy atom. The Morgan fingerprint density at radius 2 is 2.00 bits per heavy atom. The Bertz CT molecular complexity index is 1250. The van der Waals surface area contributed by atoms with Crippen molar-refractivity contribution >= 4 is 57.7 Å². The van der Waals surface area contributed by atoms with Gasteiger partial charge in [0, 0.05) is 43.3 Å². The molecule has 10 nitrogen and oxygen atoms in total. The van der Waals surface area contributed by atoms with E-state index in [9.17, 15) is 9.59 Å². The van der Waals surface area contributed by atoms with Crippen molar-refractivity contribution in [1.29, 1.82) is 0 Å². The molecule has 36 heavy (non-hydrogen) atoms. The molecule has 3 aromatic rings. The van der Waals surface area contributed by atoms with Crippen molar-refractivity contribution in [2.45, 2.75) is 25.0 Å². The van der Waals surface area contributed by atoms with Gasteiger partial charge in [0.25, 0.3) is 0 Å². The third kappa shape index (κ3) is 5.28. The van der Waals surface area contributed by atoms with E-state index in [0.29, 0.717) is 43.0 Å². The second kappa shape index (κ2) is 11.0. The molecule has 1 aromatic carbocycles. The molecule has 0 saturated carbocycles. The van der Waals surface area contributed by atoms with Crippen LogP contribution in [0.1, 0.15) is 13.3 Å². The van der Waals surface area contributed by atoms with E-state index in [2.05, 4.69) is 22.2 Å². The summed E-state index contributed by atoms with van der Waals surface area (Å²) in [5.74, 6) is 1.14. The quantitative estimate of drug-likeness (QED) is 0.351. The van der Waals surface area contributed by atoms with Crippen LogP contribution in [0, 0.1) is 5.92 Å². The fraction of sp³-hybridized carbons (Fsp3) is 0.458. The number of hydrogen-bond acceptors (Lipinski definition) is 8.